The van der Waals surface area contributed by atoms with Gasteiger partial charge in [0, 0.05) is 0 Å². The molecule has 0 amide bonds. The van der Waals surface area contributed by atoms with Crippen LogP contribution >= 0.6 is 0 Å². The molecular weight excluding hydrogens is 134 g/mol. The van der Waals surface area contributed by atoms with E-state index in [0.29, 0.717) is 0 Å². The fraction of sp³-hybridized carbons (Fsp3) is 1.00. The minimum Gasteiger partial charge on any atom is -0.330 e. The molecule has 62 valence electrons. The Labute approximate surface area is 68.3 Å². The van der Waals surface area contributed by atoms with Crippen molar-refractivity contribution in [2.24, 2.45) is 35.3 Å². The van der Waals surface area contributed by atoms with Crippen LogP contribution in [-0.2, 0) is 0 Å². The Morgan fingerprint density at radius 2 is 1.82 bits per heavy atom. The lowest BCUT2D eigenvalue weighted by molar-refractivity contribution is 0.202. The number of rotatable bonds is 1. The van der Waals surface area contributed by atoms with Crippen molar-refractivity contribution in [3.8, 4) is 0 Å². The average Bonchev–Trinajstić information content (AvgIpc) is 2.40. The van der Waals surface area contributed by atoms with Crippen LogP contribution < -0.4 is 5.73 Å². The van der Waals surface area contributed by atoms with Gasteiger partial charge in [-0.2, -0.15) is 0 Å². The molecule has 4 saturated carbocycles. The largest absolute Gasteiger partial charge is 0.330 e. The predicted molar refractivity (Wildman–Crippen MR) is 45.0 cm³/mol. The van der Waals surface area contributed by atoms with Crippen LogP contribution in [0.5, 0.6) is 0 Å². The SMILES string of the molecule is NCC1C2CC3CC(C2)C1C3. The molecule has 0 aromatic carbocycles. The lowest BCUT2D eigenvalue weighted by Crippen LogP contribution is -2.29. The molecule has 1 nitrogen and oxygen atoms in total. The summed E-state index contributed by atoms with van der Waals surface area (Å²) in [7, 11) is 0. The van der Waals surface area contributed by atoms with Crippen LogP contribution in [0.1, 0.15) is 25.7 Å². The zero-order valence-corrected chi connectivity index (χ0v) is 7.00. The van der Waals surface area contributed by atoms with E-state index in [1.54, 1.807) is 6.42 Å². The summed E-state index contributed by atoms with van der Waals surface area (Å²) in [6.45, 7) is 0.971. The summed E-state index contributed by atoms with van der Waals surface area (Å²) in [6.07, 6.45) is 6.14. The first-order valence-corrected chi connectivity index (χ1v) is 5.08. The van der Waals surface area contributed by atoms with Crippen molar-refractivity contribution in [1.82, 2.24) is 0 Å². The summed E-state index contributed by atoms with van der Waals surface area (Å²) in [5, 5.41) is 0. The van der Waals surface area contributed by atoms with E-state index in [4.69, 9.17) is 5.73 Å². The molecule has 0 spiro atoms. The first-order valence-electron chi connectivity index (χ1n) is 5.08. The maximum Gasteiger partial charge on any atom is -0.00435 e. The Kier molecular flexibility index (Phi) is 1.18. The molecule has 0 radical (unpaired) electrons. The van der Waals surface area contributed by atoms with Gasteiger partial charge in [-0.05, 0) is 61.8 Å². The molecule has 5 unspecified atom stereocenters. The van der Waals surface area contributed by atoms with Crippen LogP contribution in [-0.4, -0.2) is 6.54 Å². The van der Waals surface area contributed by atoms with Gasteiger partial charge in [0.25, 0.3) is 0 Å². The maximum absolute atomic E-state index is 5.80. The molecule has 11 heavy (non-hydrogen) atoms. The molecule has 4 rings (SSSR count). The van der Waals surface area contributed by atoms with E-state index in [-0.39, 0.29) is 0 Å². The van der Waals surface area contributed by atoms with Crippen molar-refractivity contribution in [3.63, 3.8) is 0 Å². The fourth-order valence-electron chi connectivity index (χ4n) is 4.24. The van der Waals surface area contributed by atoms with Crippen LogP contribution in [0.15, 0.2) is 0 Å². The molecule has 0 heterocycles. The molecule has 1 heteroatoms. The third kappa shape index (κ3) is 0.703. The van der Waals surface area contributed by atoms with E-state index in [0.717, 1.165) is 36.1 Å². The summed E-state index contributed by atoms with van der Waals surface area (Å²) in [4.78, 5) is 0. The van der Waals surface area contributed by atoms with Gasteiger partial charge in [0.15, 0.2) is 0 Å². The van der Waals surface area contributed by atoms with Crippen LogP contribution in [0.3, 0.4) is 0 Å². The van der Waals surface area contributed by atoms with E-state index in [2.05, 4.69) is 0 Å². The molecule has 5 atom stereocenters. The summed E-state index contributed by atoms with van der Waals surface area (Å²) < 4.78 is 0. The summed E-state index contributed by atoms with van der Waals surface area (Å²) in [5.74, 6) is 5.25. The zero-order chi connectivity index (χ0) is 7.42. The van der Waals surface area contributed by atoms with Crippen LogP contribution in [0.2, 0.25) is 0 Å². The number of hydrogen-bond acceptors (Lipinski definition) is 1. The summed E-state index contributed by atoms with van der Waals surface area (Å²) in [5.41, 5.74) is 5.80. The molecule has 4 fully saturated rings. The molecule has 4 aliphatic carbocycles. The Hall–Kier alpha value is -0.0400. The van der Waals surface area contributed by atoms with Crippen LogP contribution in [0.25, 0.3) is 0 Å². The van der Waals surface area contributed by atoms with Crippen molar-refractivity contribution in [2.45, 2.75) is 25.7 Å². The van der Waals surface area contributed by atoms with Crippen molar-refractivity contribution in [1.29, 1.82) is 0 Å². The molecular formula is C10H17N. The normalized spacial score (nSPS) is 59.2. The van der Waals surface area contributed by atoms with E-state index >= 15 is 0 Å². The molecule has 2 N–H and O–H groups in total. The van der Waals surface area contributed by atoms with E-state index in [1.807, 2.05) is 0 Å². The van der Waals surface area contributed by atoms with Crippen LogP contribution in [0, 0.1) is 29.6 Å². The predicted octanol–water partition coefficient (Wildman–Crippen LogP) is 1.63. The molecule has 0 aliphatic heterocycles. The van der Waals surface area contributed by atoms with Crippen molar-refractivity contribution in [3.05, 3.63) is 0 Å². The van der Waals surface area contributed by atoms with E-state index in [9.17, 15) is 0 Å². The average molecular weight is 151 g/mol. The molecule has 0 aromatic rings. The van der Waals surface area contributed by atoms with Gasteiger partial charge in [0.2, 0.25) is 0 Å². The lowest BCUT2D eigenvalue weighted by atomic mass is 9.76. The second-order valence-electron chi connectivity index (χ2n) is 4.89. The number of nitrogens with two attached hydrogens (primary N) is 1. The Morgan fingerprint density at radius 1 is 1.00 bits per heavy atom. The third-order valence-corrected chi connectivity index (χ3v) is 4.52. The monoisotopic (exact) mass is 151 g/mol. The Balaban J connectivity index is 1.91. The highest BCUT2D eigenvalue weighted by atomic mass is 14.7. The first-order chi connectivity index (χ1) is 5.38. The second-order valence-corrected chi connectivity index (χ2v) is 4.89. The fourth-order valence-corrected chi connectivity index (χ4v) is 4.24. The van der Waals surface area contributed by atoms with Gasteiger partial charge in [-0.15, -0.1) is 0 Å². The highest BCUT2D eigenvalue weighted by molar-refractivity contribution is 5.03. The summed E-state index contributed by atoms with van der Waals surface area (Å²) >= 11 is 0. The molecule has 0 aromatic heterocycles. The van der Waals surface area contributed by atoms with Crippen LogP contribution in [0.4, 0.5) is 0 Å². The summed E-state index contributed by atoms with van der Waals surface area (Å²) in [6, 6.07) is 0. The zero-order valence-electron chi connectivity index (χ0n) is 7.00. The van der Waals surface area contributed by atoms with Crippen molar-refractivity contribution < 1.29 is 0 Å². The third-order valence-electron chi connectivity index (χ3n) is 4.52. The molecule has 4 bridgehead atoms. The lowest BCUT2D eigenvalue weighted by Gasteiger charge is -2.31. The van der Waals surface area contributed by atoms with Gasteiger partial charge < -0.3 is 5.73 Å². The molecule has 4 aliphatic rings. The molecule has 0 saturated heterocycles. The number of hydrogen-bond donors (Lipinski definition) is 1. The van der Waals surface area contributed by atoms with E-state index < -0.39 is 0 Å². The van der Waals surface area contributed by atoms with Gasteiger partial charge >= 0.3 is 0 Å². The van der Waals surface area contributed by atoms with Gasteiger partial charge in [-0.1, -0.05) is 0 Å². The van der Waals surface area contributed by atoms with E-state index in [1.165, 1.54) is 19.3 Å². The van der Waals surface area contributed by atoms with Gasteiger partial charge in [0.05, 0.1) is 0 Å². The minimum absolute atomic E-state index is 0.929. The Bertz CT molecular complexity index is 174. The van der Waals surface area contributed by atoms with Crippen molar-refractivity contribution >= 4 is 0 Å². The quantitative estimate of drug-likeness (QED) is 0.605. The minimum atomic E-state index is 0.929. The van der Waals surface area contributed by atoms with Crippen molar-refractivity contribution in [2.75, 3.05) is 6.54 Å². The first kappa shape index (κ1) is 6.47. The highest BCUT2D eigenvalue weighted by Crippen LogP contribution is 2.60. The highest BCUT2D eigenvalue weighted by Gasteiger charge is 2.52. The Morgan fingerprint density at radius 3 is 2.55 bits per heavy atom. The van der Waals surface area contributed by atoms with Gasteiger partial charge in [0.1, 0.15) is 0 Å². The standard InChI is InChI=1S/C10H17N/c11-5-10-8-2-6-1-7(4-8)9(10)3-6/h6-10H,1-5,11H2. The maximum atomic E-state index is 5.80. The topological polar surface area (TPSA) is 26.0 Å². The smallest absolute Gasteiger partial charge is 0.00435 e. The second kappa shape index (κ2) is 2.01. The van der Waals surface area contributed by atoms with Gasteiger partial charge in [-0.25, -0.2) is 0 Å². The van der Waals surface area contributed by atoms with Gasteiger partial charge in [-0.3, -0.25) is 0 Å².